The van der Waals surface area contributed by atoms with E-state index in [9.17, 15) is 9.59 Å². The van der Waals surface area contributed by atoms with Crippen LogP contribution in [-0.4, -0.2) is 17.0 Å². The van der Waals surface area contributed by atoms with Gasteiger partial charge in [-0.3, -0.25) is 4.79 Å². The van der Waals surface area contributed by atoms with Gasteiger partial charge in [0.2, 0.25) is 0 Å². The average molecular weight is 266 g/mol. The lowest BCUT2D eigenvalue weighted by molar-refractivity contribution is -0.131. The lowest BCUT2D eigenvalue weighted by atomic mass is 10.2. The second-order valence-corrected chi connectivity index (χ2v) is 4.12. The number of carbonyl (C=O) groups excluding carboxylic acids is 1. The van der Waals surface area contributed by atoms with E-state index in [0.29, 0.717) is 11.1 Å². The Kier molecular flexibility index (Phi) is 4.85. The van der Waals surface area contributed by atoms with E-state index in [1.807, 2.05) is 13.8 Å². The summed E-state index contributed by atoms with van der Waals surface area (Å²) in [6.45, 7) is 5.30. The summed E-state index contributed by atoms with van der Waals surface area (Å²) < 4.78 is 5.75. The standard InChI is InChI=1S/C11H8O4S.C2H6/c1-6(12)15-7-2-3-10-8(4-7)9(5-16-10)11(13)14;1-2/h2-5H,1H3,(H,13,14);1-2H3. The van der Waals surface area contributed by atoms with Crippen LogP contribution in [-0.2, 0) is 4.79 Å². The largest absolute Gasteiger partial charge is 0.478 e. The van der Waals surface area contributed by atoms with Gasteiger partial charge in [-0.25, -0.2) is 4.79 Å². The second-order valence-electron chi connectivity index (χ2n) is 3.21. The van der Waals surface area contributed by atoms with E-state index in [2.05, 4.69) is 0 Å². The Morgan fingerprint density at radius 3 is 2.50 bits per heavy atom. The number of hydrogen-bond acceptors (Lipinski definition) is 4. The van der Waals surface area contributed by atoms with Crippen molar-refractivity contribution in [3.05, 3.63) is 29.1 Å². The number of benzene rings is 1. The van der Waals surface area contributed by atoms with Crippen molar-refractivity contribution >= 4 is 33.4 Å². The van der Waals surface area contributed by atoms with E-state index in [-0.39, 0.29) is 5.56 Å². The summed E-state index contributed by atoms with van der Waals surface area (Å²) in [5.41, 5.74) is 0.231. The van der Waals surface area contributed by atoms with Crippen LogP contribution in [0.1, 0.15) is 31.1 Å². The number of rotatable bonds is 2. The SMILES string of the molecule is CC.CC(=O)Oc1ccc2scc(C(=O)O)c2c1. The molecule has 96 valence electrons. The van der Waals surface area contributed by atoms with Crippen molar-refractivity contribution in [3.8, 4) is 5.75 Å². The summed E-state index contributed by atoms with van der Waals surface area (Å²) >= 11 is 1.35. The molecule has 0 unspecified atom stereocenters. The topological polar surface area (TPSA) is 63.6 Å². The summed E-state index contributed by atoms with van der Waals surface area (Å²) in [7, 11) is 0. The molecule has 18 heavy (non-hydrogen) atoms. The number of carboxylic acids is 1. The number of esters is 1. The molecule has 0 fully saturated rings. The third-order valence-electron chi connectivity index (χ3n) is 2.04. The van der Waals surface area contributed by atoms with Gasteiger partial charge in [0.15, 0.2) is 0 Å². The smallest absolute Gasteiger partial charge is 0.337 e. The molecule has 1 aromatic heterocycles. The van der Waals surface area contributed by atoms with Crippen LogP contribution in [0.4, 0.5) is 0 Å². The van der Waals surface area contributed by atoms with E-state index >= 15 is 0 Å². The van der Waals surface area contributed by atoms with Crippen molar-refractivity contribution in [1.29, 1.82) is 0 Å². The summed E-state index contributed by atoms with van der Waals surface area (Å²) in [6.07, 6.45) is 0. The fraction of sp³-hybridized carbons (Fsp3) is 0.231. The minimum absolute atomic E-state index is 0.231. The molecule has 0 atom stereocenters. The average Bonchev–Trinajstić information content (AvgIpc) is 2.74. The van der Waals surface area contributed by atoms with E-state index in [1.165, 1.54) is 18.3 Å². The van der Waals surface area contributed by atoms with Crippen molar-refractivity contribution < 1.29 is 19.4 Å². The number of aromatic carboxylic acids is 1. The van der Waals surface area contributed by atoms with Crippen molar-refractivity contribution in [2.75, 3.05) is 0 Å². The molecule has 0 saturated heterocycles. The summed E-state index contributed by atoms with van der Waals surface area (Å²) in [5, 5.41) is 11.1. The first kappa shape index (κ1) is 14.2. The number of hydrogen-bond donors (Lipinski definition) is 1. The Morgan fingerprint density at radius 2 is 1.94 bits per heavy atom. The van der Waals surface area contributed by atoms with Crippen LogP contribution in [0.15, 0.2) is 23.6 Å². The predicted molar refractivity (Wildman–Crippen MR) is 71.4 cm³/mol. The van der Waals surface area contributed by atoms with Crippen molar-refractivity contribution in [1.82, 2.24) is 0 Å². The highest BCUT2D eigenvalue weighted by Crippen LogP contribution is 2.29. The number of fused-ring (bicyclic) bond motifs is 1. The fourth-order valence-electron chi connectivity index (χ4n) is 1.40. The monoisotopic (exact) mass is 266 g/mol. The summed E-state index contributed by atoms with van der Waals surface area (Å²) in [4.78, 5) is 21.7. The van der Waals surface area contributed by atoms with E-state index in [4.69, 9.17) is 9.84 Å². The molecule has 0 bridgehead atoms. The van der Waals surface area contributed by atoms with Gasteiger partial charge in [0.05, 0.1) is 5.56 Å². The minimum atomic E-state index is -0.980. The zero-order chi connectivity index (χ0) is 13.7. The van der Waals surface area contributed by atoms with Crippen LogP contribution >= 0.6 is 11.3 Å². The first-order valence-electron chi connectivity index (χ1n) is 5.51. The maximum Gasteiger partial charge on any atom is 0.337 e. The molecule has 1 heterocycles. The Hall–Kier alpha value is -1.88. The van der Waals surface area contributed by atoms with E-state index < -0.39 is 11.9 Å². The number of ether oxygens (including phenoxy) is 1. The van der Waals surface area contributed by atoms with Gasteiger partial charge in [0, 0.05) is 22.4 Å². The molecule has 0 amide bonds. The molecule has 2 aromatic rings. The maximum absolute atomic E-state index is 10.9. The van der Waals surface area contributed by atoms with Gasteiger partial charge in [-0.15, -0.1) is 11.3 Å². The van der Waals surface area contributed by atoms with Crippen molar-refractivity contribution in [3.63, 3.8) is 0 Å². The highest BCUT2D eigenvalue weighted by molar-refractivity contribution is 7.17. The molecule has 0 spiro atoms. The zero-order valence-electron chi connectivity index (χ0n) is 10.4. The van der Waals surface area contributed by atoms with Gasteiger partial charge in [-0.2, -0.15) is 0 Å². The fourth-order valence-corrected chi connectivity index (χ4v) is 2.32. The highest BCUT2D eigenvalue weighted by atomic mass is 32.1. The van der Waals surface area contributed by atoms with Crippen molar-refractivity contribution in [2.24, 2.45) is 0 Å². The van der Waals surface area contributed by atoms with Crippen LogP contribution in [0.3, 0.4) is 0 Å². The molecule has 0 saturated carbocycles. The normalized spacial score (nSPS) is 9.50. The molecule has 0 aliphatic rings. The Balaban J connectivity index is 0.000000771. The molecule has 0 radical (unpaired) electrons. The van der Waals surface area contributed by atoms with Gasteiger partial charge < -0.3 is 9.84 Å². The van der Waals surface area contributed by atoms with Gasteiger partial charge in [-0.05, 0) is 18.2 Å². The first-order valence-corrected chi connectivity index (χ1v) is 6.39. The quantitative estimate of drug-likeness (QED) is 0.667. The summed E-state index contributed by atoms with van der Waals surface area (Å²) in [5.74, 6) is -1.04. The van der Waals surface area contributed by atoms with Crippen LogP contribution < -0.4 is 4.74 Å². The van der Waals surface area contributed by atoms with Gasteiger partial charge in [0.25, 0.3) is 0 Å². The number of thiophene rings is 1. The molecule has 1 N–H and O–H groups in total. The third kappa shape index (κ3) is 3.07. The van der Waals surface area contributed by atoms with E-state index in [1.54, 1.807) is 23.6 Å². The summed E-state index contributed by atoms with van der Waals surface area (Å²) in [6, 6.07) is 4.95. The highest BCUT2D eigenvalue weighted by Gasteiger charge is 2.11. The molecule has 2 rings (SSSR count). The molecule has 0 aliphatic heterocycles. The molecule has 4 nitrogen and oxygen atoms in total. The van der Waals surface area contributed by atoms with Gasteiger partial charge in [0.1, 0.15) is 5.75 Å². The van der Waals surface area contributed by atoms with Gasteiger partial charge >= 0.3 is 11.9 Å². The second kappa shape index (κ2) is 6.16. The molecular formula is C13H14O4S. The number of carboxylic acid groups (broad SMARTS) is 1. The van der Waals surface area contributed by atoms with E-state index in [0.717, 1.165) is 4.70 Å². The Labute approximate surface area is 109 Å². The maximum atomic E-state index is 10.9. The lowest BCUT2D eigenvalue weighted by Crippen LogP contribution is -2.01. The molecule has 0 aliphatic carbocycles. The van der Waals surface area contributed by atoms with Crippen LogP contribution in [0, 0.1) is 0 Å². The van der Waals surface area contributed by atoms with Crippen LogP contribution in [0.25, 0.3) is 10.1 Å². The lowest BCUT2D eigenvalue weighted by Gasteiger charge is -2.01. The van der Waals surface area contributed by atoms with Gasteiger partial charge in [-0.1, -0.05) is 13.8 Å². The zero-order valence-corrected chi connectivity index (χ0v) is 11.2. The van der Waals surface area contributed by atoms with Crippen LogP contribution in [0.5, 0.6) is 5.75 Å². The van der Waals surface area contributed by atoms with Crippen molar-refractivity contribution in [2.45, 2.75) is 20.8 Å². The minimum Gasteiger partial charge on any atom is -0.478 e. The van der Waals surface area contributed by atoms with Crippen LogP contribution in [0.2, 0.25) is 0 Å². The Bertz CT molecular complexity index is 571. The molecular weight excluding hydrogens is 252 g/mol. The third-order valence-corrected chi connectivity index (χ3v) is 3.00. The molecule has 5 heteroatoms. The first-order chi connectivity index (χ1) is 8.58. The molecule has 1 aromatic carbocycles. The Morgan fingerprint density at radius 1 is 1.28 bits per heavy atom. The number of carbonyl (C=O) groups is 2. The predicted octanol–water partition coefficient (Wildman–Crippen LogP) is 3.55.